The van der Waals surface area contributed by atoms with E-state index in [1.54, 1.807) is 0 Å². The number of Topliss-reactive ketones (excluding diaryl/α,β-unsaturated/α-hetero) is 1. The van der Waals surface area contributed by atoms with E-state index in [9.17, 15) is 4.79 Å². The van der Waals surface area contributed by atoms with Crippen LogP contribution in [0.2, 0.25) is 0 Å². The molecule has 1 rings (SSSR count). The van der Waals surface area contributed by atoms with Gasteiger partial charge in [-0.1, -0.05) is 56.9 Å². The summed E-state index contributed by atoms with van der Waals surface area (Å²) in [6.45, 7) is 2.73. The van der Waals surface area contributed by atoms with Crippen molar-refractivity contribution >= 4 is 5.78 Å². The SMILES string of the molecule is CCCCCCCC(=O)c1ccc(CN)cc1. The number of ketones is 1. The molecule has 2 N–H and O–H groups in total. The summed E-state index contributed by atoms with van der Waals surface area (Å²) in [7, 11) is 0. The summed E-state index contributed by atoms with van der Waals surface area (Å²) in [6.07, 6.45) is 6.62. The summed E-state index contributed by atoms with van der Waals surface area (Å²) in [6, 6.07) is 7.64. The van der Waals surface area contributed by atoms with E-state index in [1.807, 2.05) is 24.3 Å². The van der Waals surface area contributed by atoms with Crippen LogP contribution in [0.15, 0.2) is 24.3 Å². The maximum absolute atomic E-state index is 11.8. The van der Waals surface area contributed by atoms with E-state index in [-0.39, 0.29) is 5.78 Å². The van der Waals surface area contributed by atoms with E-state index in [2.05, 4.69) is 6.92 Å². The van der Waals surface area contributed by atoms with Crippen LogP contribution in [-0.4, -0.2) is 5.78 Å². The Morgan fingerprint density at radius 3 is 2.29 bits per heavy atom. The first kappa shape index (κ1) is 13.9. The molecule has 2 heteroatoms. The standard InChI is InChI=1S/C15H23NO/c1-2-3-4-5-6-7-15(17)14-10-8-13(12-16)9-11-14/h8-11H,2-7,12,16H2,1H3. The number of rotatable bonds is 8. The van der Waals surface area contributed by atoms with Gasteiger partial charge in [0.25, 0.3) is 0 Å². The van der Waals surface area contributed by atoms with E-state index < -0.39 is 0 Å². The number of benzene rings is 1. The summed E-state index contributed by atoms with van der Waals surface area (Å²) in [5.74, 6) is 0.255. The Balaban J connectivity index is 2.31. The predicted molar refractivity (Wildman–Crippen MR) is 72.0 cm³/mol. The van der Waals surface area contributed by atoms with Crippen LogP contribution in [-0.2, 0) is 6.54 Å². The quantitative estimate of drug-likeness (QED) is 0.549. The van der Waals surface area contributed by atoms with Crippen LogP contribution in [0, 0.1) is 0 Å². The first-order chi connectivity index (χ1) is 8.27. The lowest BCUT2D eigenvalue weighted by Crippen LogP contribution is -2.01. The van der Waals surface area contributed by atoms with E-state index >= 15 is 0 Å². The summed E-state index contributed by atoms with van der Waals surface area (Å²) in [5.41, 5.74) is 7.41. The van der Waals surface area contributed by atoms with Crippen molar-refractivity contribution in [3.63, 3.8) is 0 Å². The van der Waals surface area contributed by atoms with Gasteiger partial charge in [0, 0.05) is 18.5 Å². The molecule has 1 aromatic rings. The minimum atomic E-state index is 0.255. The molecule has 1 aromatic carbocycles. The highest BCUT2D eigenvalue weighted by atomic mass is 16.1. The second kappa shape index (κ2) is 8.02. The Morgan fingerprint density at radius 1 is 1.06 bits per heavy atom. The number of nitrogens with two attached hydrogens (primary N) is 1. The van der Waals surface area contributed by atoms with Crippen molar-refractivity contribution in [1.29, 1.82) is 0 Å². The molecule has 0 bridgehead atoms. The van der Waals surface area contributed by atoms with Gasteiger partial charge in [0.05, 0.1) is 0 Å². The first-order valence-electron chi connectivity index (χ1n) is 6.60. The van der Waals surface area contributed by atoms with Crippen molar-refractivity contribution in [1.82, 2.24) is 0 Å². The second-order valence-corrected chi connectivity index (χ2v) is 4.49. The zero-order valence-corrected chi connectivity index (χ0v) is 10.7. The van der Waals surface area contributed by atoms with Crippen LogP contribution in [0.4, 0.5) is 0 Å². The third-order valence-electron chi connectivity index (χ3n) is 3.02. The smallest absolute Gasteiger partial charge is 0.162 e. The van der Waals surface area contributed by atoms with Crippen LogP contribution in [0.5, 0.6) is 0 Å². The summed E-state index contributed by atoms with van der Waals surface area (Å²) >= 11 is 0. The van der Waals surface area contributed by atoms with Crippen LogP contribution in [0.25, 0.3) is 0 Å². The molecule has 0 radical (unpaired) electrons. The monoisotopic (exact) mass is 233 g/mol. The first-order valence-corrected chi connectivity index (χ1v) is 6.60. The Hall–Kier alpha value is -1.15. The average Bonchev–Trinajstić information content (AvgIpc) is 2.38. The number of carbonyl (C=O) groups excluding carboxylic acids is 1. The Labute approximate surface area is 104 Å². The number of hydrogen-bond acceptors (Lipinski definition) is 2. The van der Waals surface area contributed by atoms with Gasteiger partial charge in [0.1, 0.15) is 0 Å². The molecule has 0 aliphatic heterocycles. The lowest BCUT2D eigenvalue weighted by atomic mass is 10.0. The van der Waals surface area contributed by atoms with E-state index in [0.717, 1.165) is 17.5 Å². The zero-order valence-electron chi connectivity index (χ0n) is 10.7. The molecule has 0 spiro atoms. The van der Waals surface area contributed by atoms with Gasteiger partial charge in [-0.05, 0) is 12.0 Å². The molecule has 0 heterocycles. The molecule has 0 aromatic heterocycles. The van der Waals surface area contributed by atoms with Crippen LogP contribution in [0.1, 0.15) is 61.4 Å². The van der Waals surface area contributed by atoms with Gasteiger partial charge < -0.3 is 5.73 Å². The van der Waals surface area contributed by atoms with Gasteiger partial charge in [-0.25, -0.2) is 0 Å². The third kappa shape index (κ3) is 5.14. The van der Waals surface area contributed by atoms with Gasteiger partial charge >= 0.3 is 0 Å². The number of carbonyl (C=O) groups is 1. The van der Waals surface area contributed by atoms with Crippen molar-refractivity contribution in [2.75, 3.05) is 0 Å². The zero-order chi connectivity index (χ0) is 12.5. The highest BCUT2D eigenvalue weighted by molar-refractivity contribution is 5.96. The van der Waals surface area contributed by atoms with Gasteiger partial charge in [-0.3, -0.25) is 4.79 Å². The van der Waals surface area contributed by atoms with Gasteiger partial charge in [-0.15, -0.1) is 0 Å². The molecule has 0 unspecified atom stereocenters. The van der Waals surface area contributed by atoms with Crippen LogP contribution in [0.3, 0.4) is 0 Å². The molecule has 2 nitrogen and oxygen atoms in total. The molecule has 0 aliphatic rings. The van der Waals surface area contributed by atoms with Gasteiger partial charge in [0.15, 0.2) is 5.78 Å². The van der Waals surface area contributed by atoms with Gasteiger partial charge in [0.2, 0.25) is 0 Å². The van der Waals surface area contributed by atoms with Crippen LogP contribution >= 0.6 is 0 Å². The molecule has 0 atom stereocenters. The fourth-order valence-electron chi connectivity index (χ4n) is 1.86. The van der Waals surface area contributed by atoms with Crippen molar-refractivity contribution in [3.8, 4) is 0 Å². The van der Waals surface area contributed by atoms with Crippen molar-refractivity contribution in [2.45, 2.75) is 52.0 Å². The molecule has 0 fully saturated rings. The average molecular weight is 233 g/mol. The minimum Gasteiger partial charge on any atom is -0.326 e. The predicted octanol–water partition coefficient (Wildman–Crippen LogP) is 3.69. The molecule has 94 valence electrons. The minimum absolute atomic E-state index is 0.255. The Morgan fingerprint density at radius 2 is 1.71 bits per heavy atom. The molecule has 0 saturated carbocycles. The highest BCUT2D eigenvalue weighted by Gasteiger charge is 2.04. The molecular weight excluding hydrogens is 210 g/mol. The maximum Gasteiger partial charge on any atom is 0.162 e. The fraction of sp³-hybridized carbons (Fsp3) is 0.533. The largest absolute Gasteiger partial charge is 0.326 e. The summed E-state index contributed by atoms with van der Waals surface area (Å²) in [5, 5.41) is 0. The topological polar surface area (TPSA) is 43.1 Å². The molecule has 0 amide bonds. The van der Waals surface area contributed by atoms with E-state index in [4.69, 9.17) is 5.73 Å². The van der Waals surface area contributed by atoms with E-state index in [1.165, 1.54) is 25.7 Å². The highest BCUT2D eigenvalue weighted by Crippen LogP contribution is 2.11. The maximum atomic E-state index is 11.8. The molecule has 0 aliphatic carbocycles. The van der Waals surface area contributed by atoms with Crippen molar-refractivity contribution < 1.29 is 4.79 Å². The molecule has 17 heavy (non-hydrogen) atoms. The lowest BCUT2D eigenvalue weighted by Gasteiger charge is -2.02. The third-order valence-corrected chi connectivity index (χ3v) is 3.02. The molecule has 0 saturated heterocycles. The second-order valence-electron chi connectivity index (χ2n) is 4.49. The molecular formula is C15H23NO. The normalized spacial score (nSPS) is 10.5. The van der Waals surface area contributed by atoms with Crippen LogP contribution < -0.4 is 5.73 Å². The van der Waals surface area contributed by atoms with Gasteiger partial charge in [-0.2, -0.15) is 0 Å². The van der Waals surface area contributed by atoms with Crippen molar-refractivity contribution in [3.05, 3.63) is 35.4 Å². The Kier molecular flexibility index (Phi) is 6.56. The van der Waals surface area contributed by atoms with E-state index in [0.29, 0.717) is 13.0 Å². The number of hydrogen-bond donors (Lipinski definition) is 1. The van der Waals surface area contributed by atoms with Crippen molar-refractivity contribution in [2.24, 2.45) is 5.73 Å². The fourth-order valence-corrected chi connectivity index (χ4v) is 1.86. The summed E-state index contributed by atoms with van der Waals surface area (Å²) in [4.78, 5) is 11.8. The number of unbranched alkanes of at least 4 members (excludes halogenated alkanes) is 4. The Bertz CT molecular complexity index is 329. The summed E-state index contributed by atoms with van der Waals surface area (Å²) < 4.78 is 0. The lowest BCUT2D eigenvalue weighted by molar-refractivity contribution is 0.0979.